The second-order valence-electron chi connectivity index (χ2n) is 5.12. The first-order valence-corrected chi connectivity index (χ1v) is 8.89. The number of hydrogen-bond acceptors (Lipinski definition) is 3. The maximum absolute atomic E-state index is 12.3. The first-order valence-electron chi connectivity index (χ1n) is 7.29. The molecule has 2 amide bonds. The van der Waals surface area contributed by atoms with Crippen molar-refractivity contribution in [3.63, 3.8) is 0 Å². The Balaban J connectivity index is 1.94. The van der Waals surface area contributed by atoms with Crippen LogP contribution in [0.5, 0.6) is 0 Å². The van der Waals surface area contributed by atoms with Crippen LogP contribution in [0.1, 0.15) is 19.0 Å². The first kappa shape index (κ1) is 16.1. The standard InChI is InChI=1S/C17H15BrN2O2S/c1-2-8-20-16(21)15(23-17(20)22)11-14-7-4-9-19(14)13-6-3-5-12(18)10-13/h3-7,9-11H,2,8H2,1H3/b15-11-. The first-order chi connectivity index (χ1) is 11.1. The lowest BCUT2D eigenvalue weighted by Gasteiger charge is -2.10. The van der Waals surface area contributed by atoms with E-state index in [-0.39, 0.29) is 11.1 Å². The molecule has 3 rings (SSSR count). The molecular formula is C17H15BrN2O2S. The maximum Gasteiger partial charge on any atom is 0.293 e. The highest BCUT2D eigenvalue weighted by molar-refractivity contribution is 9.10. The molecule has 0 radical (unpaired) electrons. The number of carbonyl (C=O) groups excluding carboxylic acids is 2. The Morgan fingerprint density at radius 2 is 2.04 bits per heavy atom. The summed E-state index contributed by atoms with van der Waals surface area (Å²) in [4.78, 5) is 26.0. The topological polar surface area (TPSA) is 42.3 Å². The number of amides is 2. The van der Waals surface area contributed by atoms with Crippen molar-refractivity contribution in [3.05, 3.63) is 57.7 Å². The van der Waals surface area contributed by atoms with Crippen LogP contribution in [0.15, 0.2) is 52.0 Å². The van der Waals surface area contributed by atoms with Gasteiger partial charge in [0.15, 0.2) is 0 Å². The van der Waals surface area contributed by atoms with Gasteiger partial charge in [0.2, 0.25) is 0 Å². The number of aromatic nitrogens is 1. The summed E-state index contributed by atoms with van der Waals surface area (Å²) < 4.78 is 2.97. The zero-order valence-corrected chi connectivity index (χ0v) is 14.9. The van der Waals surface area contributed by atoms with E-state index in [0.717, 1.165) is 34.0 Å². The average Bonchev–Trinajstić information content (AvgIpc) is 3.08. The van der Waals surface area contributed by atoms with Crippen LogP contribution in [0.4, 0.5) is 4.79 Å². The Kier molecular flexibility index (Phi) is 4.73. The van der Waals surface area contributed by atoms with Crippen molar-refractivity contribution < 1.29 is 9.59 Å². The van der Waals surface area contributed by atoms with Crippen LogP contribution in [-0.4, -0.2) is 27.2 Å². The van der Waals surface area contributed by atoms with Gasteiger partial charge in [-0.1, -0.05) is 28.9 Å². The third-order valence-electron chi connectivity index (χ3n) is 3.47. The van der Waals surface area contributed by atoms with E-state index >= 15 is 0 Å². The smallest absolute Gasteiger partial charge is 0.293 e. The van der Waals surface area contributed by atoms with Gasteiger partial charge in [0, 0.05) is 28.6 Å². The molecule has 6 heteroatoms. The Morgan fingerprint density at radius 3 is 2.78 bits per heavy atom. The molecule has 1 aromatic heterocycles. The highest BCUT2D eigenvalue weighted by atomic mass is 79.9. The monoisotopic (exact) mass is 390 g/mol. The number of rotatable bonds is 4. The molecule has 0 spiro atoms. The van der Waals surface area contributed by atoms with E-state index in [0.29, 0.717) is 11.4 Å². The highest BCUT2D eigenvalue weighted by Crippen LogP contribution is 2.32. The molecule has 1 fully saturated rings. The number of carbonyl (C=O) groups is 2. The SMILES string of the molecule is CCCN1C(=O)S/C(=C\c2cccn2-c2cccc(Br)c2)C1=O. The predicted octanol–water partition coefficient (Wildman–Crippen LogP) is 4.69. The molecule has 0 bridgehead atoms. The largest absolute Gasteiger partial charge is 0.317 e. The Bertz CT molecular complexity index is 797. The number of nitrogens with zero attached hydrogens (tertiary/aromatic N) is 2. The predicted molar refractivity (Wildman–Crippen MR) is 96.4 cm³/mol. The van der Waals surface area contributed by atoms with Crippen molar-refractivity contribution in [2.45, 2.75) is 13.3 Å². The molecule has 2 heterocycles. The van der Waals surface area contributed by atoms with Gasteiger partial charge in [-0.25, -0.2) is 0 Å². The van der Waals surface area contributed by atoms with Gasteiger partial charge in [-0.2, -0.15) is 0 Å². The van der Waals surface area contributed by atoms with Crippen LogP contribution in [0.2, 0.25) is 0 Å². The molecule has 1 aromatic carbocycles. The van der Waals surface area contributed by atoms with Crippen molar-refractivity contribution in [1.82, 2.24) is 9.47 Å². The van der Waals surface area contributed by atoms with E-state index in [1.807, 2.05) is 54.1 Å². The third-order valence-corrected chi connectivity index (χ3v) is 4.87. The Labute approximate surface area is 147 Å². The fourth-order valence-electron chi connectivity index (χ4n) is 2.42. The zero-order chi connectivity index (χ0) is 16.4. The summed E-state index contributed by atoms with van der Waals surface area (Å²) in [5.74, 6) is -0.205. The number of benzene rings is 1. The lowest BCUT2D eigenvalue weighted by molar-refractivity contribution is -0.122. The molecule has 1 saturated heterocycles. The summed E-state index contributed by atoms with van der Waals surface area (Å²) in [5.41, 5.74) is 1.86. The molecule has 1 aliphatic rings. The molecule has 0 aliphatic carbocycles. The van der Waals surface area contributed by atoms with Gasteiger partial charge in [-0.05, 0) is 54.6 Å². The van der Waals surface area contributed by atoms with Crippen molar-refractivity contribution >= 4 is 44.9 Å². The number of imide groups is 1. The normalized spacial score (nSPS) is 16.6. The molecule has 0 N–H and O–H groups in total. The lowest BCUT2D eigenvalue weighted by Crippen LogP contribution is -2.28. The van der Waals surface area contributed by atoms with Crippen LogP contribution in [0.3, 0.4) is 0 Å². The quantitative estimate of drug-likeness (QED) is 0.711. The van der Waals surface area contributed by atoms with Crippen LogP contribution in [0, 0.1) is 0 Å². The van der Waals surface area contributed by atoms with Gasteiger partial charge in [0.25, 0.3) is 11.1 Å². The minimum Gasteiger partial charge on any atom is -0.317 e. The van der Waals surface area contributed by atoms with Gasteiger partial charge < -0.3 is 4.57 Å². The van der Waals surface area contributed by atoms with E-state index in [1.165, 1.54) is 4.90 Å². The molecule has 4 nitrogen and oxygen atoms in total. The third kappa shape index (κ3) is 3.28. The van der Waals surface area contributed by atoms with Crippen LogP contribution >= 0.6 is 27.7 Å². The second kappa shape index (κ2) is 6.76. The van der Waals surface area contributed by atoms with Crippen LogP contribution < -0.4 is 0 Å². The van der Waals surface area contributed by atoms with Gasteiger partial charge in [-0.15, -0.1) is 0 Å². The molecular weight excluding hydrogens is 376 g/mol. The molecule has 118 valence electrons. The number of hydrogen-bond donors (Lipinski definition) is 0. The minimum atomic E-state index is -0.205. The summed E-state index contributed by atoms with van der Waals surface area (Å²) in [7, 11) is 0. The zero-order valence-electron chi connectivity index (χ0n) is 12.5. The van der Waals surface area contributed by atoms with Gasteiger partial charge >= 0.3 is 0 Å². The number of thioether (sulfide) groups is 1. The lowest BCUT2D eigenvalue weighted by atomic mass is 10.3. The summed E-state index contributed by atoms with van der Waals surface area (Å²) >= 11 is 4.47. The van der Waals surface area contributed by atoms with E-state index < -0.39 is 0 Å². The maximum atomic E-state index is 12.3. The number of halogens is 1. The molecule has 0 unspecified atom stereocenters. The van der Waals surface area contributed by atoms with Crippen LogP contribution in [0.25, 0.3) is 11.8 Å². The van der Waals surface area contributed by atoms with Crippen LogP contribution in [-0.2, 0) is 4.79 Å². The van der Waals surface area contributed by atoms with Crippen molar-refractivity contribution in [1.29, 1.82) is 0 Å². The fraction of sp³-hybridized carbons (Fsp3) is 0.176. The Hall–Kier alpha value is -1.79. The van der Waals surface area contributed by atoms with E-state index in [1.54, 1.807) is 6.08 Å². The van der Waals surface area contributed by atoms with Gasteiger partial charge in [0.1, 0.15) is 0 Å². The highest BCUT2D eigenvalue weighted by Gasteiger charge is 2.34. The fourth-order valence-corrected chi connectivity index (χ4v) is 3.66. The van der Waals surface area contributed by atoms with Crippen molar-refractivity contribution in [2.75, 3.05) is 6.54 Å². The van der Waals surface area contributed by atoms with Gasteiger partial charge in [0.05, 0.1) is 4.91 Å². The summed E-state index contributed by atoms with van der Waals surface area (Å²) in [5, 5.41) is -0.191. The van der Waals surface area contributed by atoms with E-state index in [4.69, 9.17) is 0 Å². The van der Waals surface area contributed by atoms with Gasteiger partial charge in [-0.3, -0.25) is 14.5 Å². The summed E-state index contributed by atoms with van der Waals surface area (Å²) in [6.07, 6.45) is 4.48. The van der Waals surface area contributed by atoms with Crippen molar-refractivity contribution in [2.24, 2.45) is 0 Å². The molecule has 2 aromatic rings. The summed E-state index contributed by atoms with van der Waals surface area (Å²) in [6.45, 7) is 2.42. The van der Waals surface area contributed by atoms with E-state index in [2.05, 4.69) is 15.9 Å². The van der Waals surface area contributed by atoms with E-state index in [9.17, 15) is 9.59 Å². The second-order valence-corrected chi connectivity index (χ2v) is 7.03. The molecule has 1 aliphatic heterocycles. The molecule has 23 heavy (non-hydrogen) atoms. The average molecular weight is 391 g/mol. The minimum absolute atomic E-state index is 0.191. The Morgan fingerprint density at radius 1 is 1.22 bits per heavy atom. The van der Waals surface area contributed by atoms with Crippen molar-refractivity contribution in [3.8, 4) is 5.69 Å². The molecule has 0 atom stereocenters. The summed E-state index contributed by atoms with van der Waals surface area (Å²) in [6, 6.07) is 11.8. The molecule has 0 saturated carbocycles.